The van der Waals surface area contributed by atoms with Crippen molar-refractivity contribution in [3.05, 3.63) is 59.7 Å². The molecular weight excluding hydrogens is 474 g/mol. The molecule has 0 saturated carbocycles. The molecule has 2 aromatic heterocycles. The van der Waals surface area contributed by atoms with Crippen LogP contribution in [0.5, 0.6) is 0 Å². The van der Waals surface area contributed by atoms with Gasteiger partial charge in [-0.3, -0.25) is 9.69 Å². The topological polar surface area (TPSA) is 87.4 Å². The molecule has 1 saturated heterocycles. The first-order valence-electron chi connectivity index (χ1n) is 11.4. The van der Waals surface area contributed by atoms with Gasteiger partial charge in [0, 0.05) is 63.6 Å². The highest BCUT2D eigenvalue weighted by Gasteiger charge is 2.25. The molecule has 3 aromatic rings. The lowest BCUT2D eigenvalue weighted by Crippen LogP contribution is -2.51. The van der Waals surface area contributed by atoms with Crippen molar-refractivity contribution in [2.24, 2.45) is 0 Å². The van der Waals surface area contributed by atoms with Gasteiger partial charge in [0.05, 0.1) is 11.3 Å². The summed E-state index contributed by atoms with van der Waals surface area (Å²) in [5.41, 5.74) is 0.475. The number of benzene rings is 1. The molecule has 1 amide bonds. The number of nitrogens with zero attached hydrogens (tertiary/aromatic N) is 5. The van der Waals surface area contributed by atoms with E-state index in [1.807, 2.05) is 13.2 Å². The van der Waals surface area contributed by atoms with Gasteiger partial charge in [0.15, 0.2) is 0 Å². The lowest BCUT2D eigenvalue weighted by Gasteiger charge is -2.35. The molecule has 1 unspecified atom stereocenters. The maximum atomic E-state index is 14.3. The third-order valence-electron chi connectivity index (χ3n) is 5.72. The van der Waals surface area contributed by atoms with E-state index in [9.17, 15) is 13.6 Å². The number of nitrogens with one attached hydrogen (secondary N) is 1. The Kier molecular flexibility index (Phi) is 8.29. The normalized spacial score (nSPS) is 15.3. The summed E-state index contributed by atoms with van der Waals surface area (Å²) < 4.78 is 33.3. The predicted molar refractivity (Wildman–Crippen MR) is 132 cm³/mol. The highest BCUT2D eigenvalue weighted by atomic mass is 32.2. The molecule has 186 valence electrons. The first kappa shape index (κ1) is 25.1. The average molecular weight is 503 g/mol. The van der Waals surface area contributed by atoms with Gasteiger partial charge >= 0.3 is 0 Å². The van der Waals surface area contributed by atoms with E-state index in [1.165, 1.54) is 6.07 Å². The van der Waals surface area contributed by atoms with Crippen molar-refractivity contribution in [3.63, 3.8) is 0 Å². The summed E-state index contributed by atoms with van der Waals surface area (Å²) in [6.07, 6.45) is 5.92. The van der Waals surface area contributed by atoms with E-state index >= 15 is 0 Å². The Morgan fingerprint density at radius 2 is 1.94 bits per heavy atom. The number of hydrogen-bond donors (Lipinski definition) is 1. The van der Waals surface area contributed by atoms with Crippen LogP contribution >= 0.6 is 11.8 Å². The molecular formula is C24H28F2N6O2S. The van der Waals surface area contributed by atoms with Crippen LogP contribution in [0.25, 0.3) is 11.5 Å². The highest BCUT2D eigenvalue weighted by molar-refractivity contribution is 7.98. The van der Waals surface area contributed by atoms with Crippen LogP contribution in [0.15, 0.2) is 41.1 Å². The van der Waals surface area contributed by atoms with Crippen molar-refractivity contribution in [2.45, 2.75) is 19.4 Å². The molecule has 0 radical (unpaired) electrons. The quantitative estimate of drug-likeness (QED) is 0.477. The van der Waals surface area contributed by atoms with Crippen LogP contribution in [0.1, 0.15) is 23.2 Å². The molecule has 8 nitrogen and oxygen atoms in total. The van der Waals surface area contributed by atoms with Crippen molar-refractivity contribution < 1.29 is 18.0 Å². The van der Waals surface area contributed by atoms with Crippen LogP contribution < -0.4 is 10.2 Å². The van der Waals surface area contributed by atoms with E-state index in [0.29, 0.717) is 18.7 Å². The van der Waals surface area contributed by atoms with Gasteiger partial charge in [0.2, 0.25) is 17.6 Å². The second-order valence-corrected chi connectivity index (χ2v) is 9.36. The van der Waals surface area contributed by atoms with Crippen molar-refractivity contribution >= 4 is 23.6 Å². The van der Waals surface area contributed by atoms with Crippen molar-refractivity contribution in [3.8, 4) is 11.5 Å². The summed E-state index contributed by atoms with van der Waals surface area (Å²) in [5.74, 6) is -0.391. The molecule has 1 aliphatic rings. The molecule has 1 aliphatic heterocycles. The zero-order valence-corrected chi connectivity index (χ0v) is 20.5. The summed E-state index contributed by atoms with van der Waals surface area (Å²) in [6, 6.07) is 4.82. The zero-order valence-electron chi connectivity index (χ0n) is 19.7. The fraction of sp³-hybridized carbons (Fsp3) is 0.417. The van der Waals surface area contributed by atoms with Gasteiger partial charge in [0.25, 0.3) is 5.91 Å². The van der Waals surface area contributed by atoms with Crippen LogP contribution in [-0.4, -0.2) is 76.5 Å². The van der Waals surface area contributed by atoms with Gasteiger partial charge in [-0.05, 0) is 37.1 Å². The number of amides is 1. The number of carbonyl (C=O) groups excluding carboxylic acids is 1. The number of anilines is 1. The summed E-state index contributed by atoms with van der Waals surface area (Å²) in [6.45, 7) is 5.87. The van der Waals surface area contributed by atoms with Gasteiger partial charge in [-0.15, -0.1) is 0 Å². The van der Waals surface area contributed by atoms with Gasteiger partial charge in [-0.2, -0.15) is 11.8 Å². The number of carbonyl (C=O) groups is 1. The van der Waals surface area contributed by atoms with Gasteiger partial charge in [-0.25, -0.2) is 23.7 Å². The largest absolute Gasteiger partial charge is 0.431 e. The number of oxazole rings is 1. The number of aromatic nitrogens is 3. The number of hydrogen-bond acceptors (Lipinski definition) is 8. The molecule has 1 aromatic carbocycles. The second-order valence-electron chi connectivity index (χ2n) is 8.37. The van der Waals surface area contributed by atoms with E-state index in [4.69, 9.17) is 4.42 Å². The maximum absolute atomic E-state index is 14.3. The van der Waals surface area contributed by atoms with Crippen molar-refractivity contribution in [1.82, 2.24) is 25.2 Å². The van der Waals surface area contributed by atoms with Crippen LogP contribution in [-0.2, 0) is 6.42 Å². The minimum atomic E-state index is -0.789. The third kappa shape index (κ3) is 6.34. The number of piperazine rings is 1. The average Bonchev–Trinajstić information content (AvgIpc) is 3.27. The van der Waals surface area contributed by atoms with E-state index in [1.54, 1.807) is 30.2 Å². The standard InChI is InChI=1S/C24H28F2N6O2S/c1-16(15-31-9-11-32(12-10-31)24-27-7-3-8-28-24)29-22(33)21-20(6-13-35-2)30-23(34-21)18-5-4-17(25)14-19(18)26/h3-5,7-8,14,16H,6,9-13,15H2,1-2H3,(H,29,33). The summed E-state index contributed by atoms with van der Waals surface area (Å²) >= 11 is 1.61. The fourth-order valence-electron chi connectivity index (χ4n) is 3.98. The summed E-state index contributed by atoms with van der Waals surface area (Å²) in [4.78, 5) is 30.4. The number of rotatable bonds is 9. The Balaban J connectivity index is 1.39. The minimum Gasteiger partial charge on any atom is -0.431 e. The Bertz CT molecular complexity index is 1140. The van der Waals surface area contributed by atoms with Gasteiger partial charge in [0.1, 0.15) is 11.6 Å². The van der Waals surface area contributed by atoms with Gasteiger partial charge < -0.3 is 14.6 Å². The van der Waals surface area contributed by atoms with Crippen LogP contribution in [0.4, 0.5) is 14.7 Å². The van der Waals surface area contributed by atoms with Crippen molar-refractivity contribution in [1.29, 1.82) is 0 Å². The molecule has 0 spiro atoms. The van der Waals surface area contributed by atoms with E-state index in [2.05, 4.69) is 30.1 Å². The molecule has 1 atom stereocenters. The molecule has 1 N–H and O–H groups in total. The Hall–Kier alpha value is -3.05. The molecule has 4 rings (SSSR count). The number of thioether (sulfide) groups is 1. The van der Waals surface area contributed by atoms with E-state index in [-0.39, 0.29) is 23.3 Å². The van der Waals surface area contributed by atoms with E-state index in [0.717, 1.165) is 50.0 Å². The lowest BCUT2D eigenvalue weighted by atomic mass is 10.2. The van der Waals surface area contributed by atoms with Crippen LogP contribution in [0.3, 0.4) is 0 Å². The van der Waals surface area contributed by atoms with Gasteiger partial charge in [-0.1, -0.05) is 0 Å². The summed E-state index contributed by atoms with van der Waals surface area (Å²) in [5, 5.41) is 2.98. The Morgan fingerprint density at radius 3 is 2.63 bits per heavy atom. The number of halogens is 2. The van der Waals surface area contributed by atoms with E-state index < -0.39 is 17.5 Å². The molecule has 3 heterocycles. The molecule has 0 bridgehead atoms. The lowest BCUT2D eigenvalue weighted by molar-refractivity contribution is 0.0899. The first-order chi connectivity index (χ1) is 16.9. The Morgan fingerprint density at radius 1 is 1.20 bits per heavy atom. The SMILES string of the molecule is CSCCc1nc(-c2ccc(F)cc2F)oc1C(=O)NC(C)CN1CCN(c2ncccn2)CC1. The molecule has 1 fully saturated rings. The second kappa shape index (κ2) is 11.6. The predicted octanol–water partition coefficient (Wildman–Crippen LogP) is 3.26. The van der Waals surface area contributed by atoms with Crippen LogP contribution in [0, 0.1) is 11.6 Å². The molecule has 11 heteroatoms. The summed E-state index contributed by atoms with van der Waals surface area (Å²) in [7, 11) is 0. The monoisotopic (exact) mass is 502 g/mol. The molecule has 0 aliphatic carbocycles. The first-order valence-corrected chi connectivity index (χ1v) is 12.8. The third-order valence-corrected chi connectivity index (χ3v) is 6.34. The van der Waals surface area contributed by atoms with Crippen molar-refractivity contribution in [2.75, 3.05) is 49.6 Å². The van der Waals surface area contributed by atoms with Crippen LogP contribution in [0.2, 0.25) is 0 Å². The zero-order chi connectivity index (χ0) is 24.8. The fourth-order valence-corrected chi connectivity index (χ4v) is 4.38. The highest BCUT2D eigenvalue weighted by Crippen LogP contribution is 2.26. The maximum Gasteiger partial charge on any atom is 0.289 e. The Labute approximate surface area is 207 Å². The molecule has 35 heavy (non-hydrogen) atoms. The smallest absolute Gasteiger partial charge is 0.289 e. The minimum absolute atomic E-state index is 0.0177. The number of aryl methyl sites for hydroxylation is 1.